The molecule has 0 fully saturated rings. The smallest absolute Gasteiger partial charge is 0.156 e. The molecule has 0 saturated heterocycles. The molecule has 136 valence electrons. The van der Waals surface area contributed by atoms with Gasteiger partial charge in [-0.1, -0.05) is 83.2 Å². The summed E-state index contributed by atoms with van der Waals surface area (Å²) in [6, 6.07) is 13.8. The lowest BCUT2D eigenvalue weighted by molar-refractivity contribution is -0.589. The van der Waals surface area contributed by atoms with Gasteiger partial charge in [0, 0.05) is 5.56 Å². The van der Waals surface area contributed by atoms with Gasteiger partial charge in [-0.25, -0.2) is 0 Å². The van der Waals surface area contributed by atoms with E-state index >= 15 is 0 Å². The van der Waals surface area contributed by atoms with E-state index in [0.29, 0.717) is 0 Å². The maximum atomic E-state index is 2.39. The first kappa shape index (κ1) is 18.8. The van der Waals surface area contributed by atoms with Crippen molar-refractivity contribution in [2.45, 2.75) is 59.3 Å². The molecule has 2 aromatic carbocycles. The van der Waals surface area contributed by atoms with Crippen molar-refractivity contribution in [2.24, 2.45) is 0 Å². The number of aromatic nitrogens is 1. The van der Waals surface area contributed by atoms with Crippen LogP contribution in [0.2, 0.25) is 0 Å². The lowest BCUT2D eigenvalue weighted by atomic mass is 9.78. The summed E-state index contributed by atoms with van der Waals surface area (Å²) < 4.78 is 2.25. The molecule has 3 aromatic rings. The Kier molecular flexibility index (Phi) is 4.83. The average Bonchev–Trinajstić information content (AvgIpc) is 3.06. The minimum absolute atomic E-state index is 0.121. The van der Waals surface area contributed by atoms with Gasteiger partial charge in [-0.15, -0.1) is 0 Å². The van der Waals surface area contributed by atoms with Crippen LogP contribution in [0.25, 0.3) is 16.8 Å². The zero-order valence-corrected chi connectivity index (χ0v) is 17.9. The highest BCUT2D eigenvalue weighted by Gasteiger charge is 2.23. The van der Waals surface area contributed by atoms with Crippen LogP contribution in [0.1, 0.15) is 58.2 Å². The van der Waals surface area contributed by atoms with Crippen LogP contribution in [0.3, 0.4) is 0 Å². The molecule has 0 bridgehead atoms. The van der Waals surface area contributed by atoms with E-state index in [1.807, 2.05) is 0 Å². The maximum Gasteiger partial charge on any atom is 0.230 e. The topological polar surface area (TPSA) is 3.88 Å². The number of nitrogens with zero attached hydrogens (tertiary/aromatic N) is 1. The number of thiazole rings is 1. The lowest BCUT2D eigenvalue weighted by Gasteiger charge is -2.26. The SMILES string of the molecule is Cc1cccc(-c2cc(C(C)(C)C)cc(C(C)(C)C)c2)c1-[n+]1ccsc1. The number of para-hydroxylation sites is 1. The van der Waals surface area contributed by atoms with Gasteiger partial charge in [0.25, 0.3) is 0 Å². The largest absolute Gasteiger partial charge is 0.230 e. The predicted octanol–water partition coefficient (Wildman–Crippen LogP) is 6.60. The van der Waals surface area contributed by atoms with Gasteiger partial charge >= 0.3 is 0 Å². The molecule has 0 aliphatic heterocycles. The lowest BCUT2D eigenvalue weighted by Crippen LogP contribution is -2.28. The van der Waals surface area contributed by atoms with Crippen LogP contribution in [0.15, 0.2) is 53.5 Å². The fraction of sp³-hybridized carbons (Fsp3) is 0.375. The Morgan fingerprint density at radius 2 is 1.46 bits per heavy atom. The summed E-state index contributed by atoms with van der Waals surface area (Å²) in [5.74, 6) is 0. The van der Waals surface area contributed by atoms with Crippen LogP contribution >= 0.6 is 11.3 Å². The monoisotopic (exact) mass is 364 g/mol. The molecule has 0 N–H and O–H groups in total. The summed E-state index contributed by atoms with van der Waals surface area (Å²) >= 11 is 1.72. The van der Waals surface area contributed by atoms with Crippen molar-refractivity contribution >= 4 is 11.3 Å². The molecule has 0 aliphatic carbocycles. The maximum absolute atomic E-state index is 2.39. The molecule has 0 radical (unpaired) electrons. The van der Waals surface area contributed by atoms with E-state index in [9.17, 15) is 0 Å². The van der Waals surface area contributed by atoms with E-state index in [0.717, 1.165) is 0 Å². The Balaban J connectivity index is 2.30. The van der Waals surface area contributed by atoms with Crippen molar-refractivity contribution in [3.63, 3.8) is 0 Å². The Morgan fingerprint density at radius 3 is 1.96 bits per heavy atom. The predicted molar refractivity (Wildman–Crippen MR) is 113 cm³/mol. The first-order chi connectivity index (χ1) is 12.1. The van der Waals surface area contributed by atoms with E-state index in [1.54, 1.807) is 11.3 Å². The van der Waals surface area contributed by atoms with Gasteiger partial charge in [-0.3, -0.25) is 0 Å². The van der Waals surface area contributed by atoms with Crippen LogP contribution in [0.5, 0.6) is 0 Å². The Labute approximate surface area is 162 Å². The molecule has 1 nitrogen and oxygen atoms in total. The van der Waals surface area contributed by atoms with E-state index in [4.69, 9.17) is 0 Å². The zero-order chi connectivity index (χ0) is 19.1. The summed E-state index contributed by atoms with van der Waals surface area (Å²) in [5, 5.41) is 2.13. The van der Waals surface area contributed by atoms with Crippen molar-refractivity contribution in [2.75, 3.05) is 0 Å². The molecular formula is C24H30NS+. The molecule has 1 aromatic heterocycles. The summed E-state index contributed by atoms with van der Waals surface area (Å²) in [6.07, 6.45) is 2.15. The van der Waals surface area contributed by atoms with Gasteiger partial charge in [0.2, 0.25) is 11.2 Å². The van der Waals surface area contributed by atoms with Crippen LogP contribution < -0.4 is 4.57 Å². The highest BCUT2D eigenvalue weighted by molar-refractivity contribution is 7.07. The molecule has 0 atom stereocenters. The van der Waals surface area contributed by atoms with Crippen molar-refractivity contribution in [3.8, 4) is 16.8 Å². The number of rotatable bonds is 2. The molecule has 0 saturated carbocycles. The van der Waals surface area contributed by atoms with Crippen LogP contribution in [0, 0.1) is 6.92 Å². The Hall–Kier alpha value is -1.93. The zero-order valence-electron chi connectivity index (χ0n) is 17.1. The van der Waals surface area contributed by atoms with Crippen LogP contribution in [-0.2, 0) is 10.8 Å². The fourth-order valence-corrected chi connectivity index (χ4v) is 3.83. The molecule has 0 amide bonds. The highest BCUT2D eigenvalue weighted by Crippen LogP contribution is 2.35. The van der Waals surface area contributed by atoms with Gasteiger partial charge in [0.15, 0.2) is 6.20 Å². The van der Waals surface area contributed by atoms with Crippen LogP contribution in [-0.4, -0.2) is 0 Å². The molecular weight excluding hydrogens is 334 g/mol. The first-order valence-corrected chi connectivity index (χ1v) is 10.2. The van der Waals surface area contributed by atoms with E-state index in [-0.39, 0.29) is 10.8 Å². The quantitative estimate of drug-likeness (QED) is 0.451. The standard InChI is InChI=1S/C24H30NS/c1-17-9-8-10-21(22(17)25-11-12-26-16-25)18-13-19(23(2,3)4)15-20(14-18)24(5,6)7/h8-16H,1-7H3/q+1. The number of hydrogen-bond donors (Lipinski definition) is 0. The summed E-state index contributed by atoms with van der Waals surface area (Å²) in [6.45, 7) is 16.0. The van der Waals surface area contributed by atoms with E-state index in [1.165, 1.54) is 33.5 Å². The van der Waals surface area contributed by atoms with Gasteiger partial charge in [0.05, 0.1) is 10.9 Å². The van der Waals surface area contributed by atoms with Crippen molar-refractivity contribution in [1.29, 1.82) is 0 Å². The molecule has 1 heterocycles. The second kappa shape index (κ2) is 6.66. The van der Waals surface area contributed by atoms with Crippen molar-refractivity contribution in [3.05, 3.63) is 70.2 Å². The van der Waals surface area contributed by atoms with Gasteiger partial charge in [-0.05, 0) is 40.5 Å². The van der Waals surface area contributed by atoms with Gasteiger partial charge < -0.3 is 0 Å². The Morgan fingerprint density at radius 1 is 0.846 bits per heavy atom. The van der Waals surface area contributed by atoms with Gasteiger partial charge in [0.1, 0.15) is 0 Å². The number of hydrogen-bond acceptors (Lipinski definition) is 1. The molecule has 2 heteroatoms. The number of aryl methyl sites for hydroxylation is 1. The van der Waals surface area contributed by atoms with Crippen molar-refractivity contribution < 1.29 is 4.57 Å². The Bertz CT molecular complexity index is 874. The first-order valence-electron chi connectivity index (χ1n) is 9.27. The molecule has 0 spiro atoms. The molecule has 0 unspecified atom stereocenters. The second-order valence-corrected chi connectivity index (χ2v) is 9.96. The van der Waals surface area contributed by atoms with Gasteiger partial charge in [-0.2, -0.15) is 4.57 Å². The third-order valence-corrected chi connectivity index (χ3v) is 5.57. The normalized spacial score (nSPS) is 12.4. The van der Waals surface area contributed by atoms with E-state index in [2.05, 4.69) is 107 Å². The van der Waals surface area contributed by atoms with Crippen molar-refractivity contribution in [1.82, 2.24) is 0 Å². The third-order valence-electron chi connectivity index (χ3n) is 4.95. The minimum Gasteiger partial charge on any atom is -0.156 e. The van der Waals surface area contributed by atoms with Crippen LogP contribution in [0.4, 0.5) is 0 Å². The molecule has 3 rings (SSSR count). The summed E-state index contributed by atoms with van der Waals surface area (Å²) in [7, 11) is 0. The van der Waals surface area contributed by atoms with E-state index < -0.39 is 0 Å². The molecule has 26 heavy (non-hydrogen) atoms. The number of benzene rings is 2. The fourth-order valence-electron chi connectivity index (χ4n) is 3.25. The second-order valence-electron chi connectivity index (χ2n) is 9.20. The summed E-state index contributed by atoms with van der Waals surface area (Å²) in [4.78, 5) is 0. The third kappa shape index (κ3) is 3.76. The minimum atomic E-state index is 0.121. The summed E-state index contributed by atoms with van der Waals surface area (Å²) in [5.41, 5.74) is 10.4. The average molecular weight is 365 g/mol. The molecule has 0 aliphatic rings. The highest BCUT2D eigenvalue weighted by atomic mass is 32.1.